The van der Waals surface area contributed by atoms with Crippen LogP contribution in [0.3, 0.4) is 0 Å². The van der Waals surface area contributed by atoms with Crippen LogP contribution in [0.2, 0.25) is 0 Å². The molecule has 2 aliphatic rings. The van der Waals surface area contributed by atoms with Gasteiger partial charge < -0.3 is 5.11 Å². The van der Waals surface area contributed by atoms with E-state index in [-0.39, 0.29) is 11.5 Å². The van der Waals surface area contributed by atoms with Gasteiger partial charge in [0.05, 0.1) is 11.5 Å². The van der Waals surface area contributed by atoms with E-state index in [1.54, 1.807) is 0 Å². The Morgan fingerprint density at radius 1 is 1.40 bits per heavy atom. The molecule has 0 aliphatic heterocycles. The minimum Gasteiger partial charge on any atom is -0.384 e. The van der Waals surface area contributed by atoms with Gasteiger partial charge in [-0.05, 0) is 44.1 Å². The molecular formula is C16H17F2NO. The Morgan fingerprint density at radius 2 is 2.15 bits per heavy atom. The molecule has 2 fully saturated rings. The molecule has 0 radical (unpaired) electrons. The zero-order valence-electron chi connectivity index (χ0n) is 11.4. The van der Waals surface area contributed by atoms with Gasteiger partial charge in [0.25, 0.3) is 0 Å². The van der Waals surface area contributed by atoms with Gasteiger partial charge in [0.2, 0.25) is 0 Å². The van der Waals surface area contributed by atoms with Gasteiger partial charge in [-0.3, -0.25) is 0 Å². The van der Waals surface area contributed by atoms with Crippen molar-refractivity contribution >= 4 is 0 Å². The highest BCUT2D eigenvalue weighted by Gasteiger charge is 2.61. The molecule has 4 heteroatoms. The summed E-state index contributed by atoms with van der Waals surface area (Å²) in [5.74, 6) is -1.55. The molecule has 1 aromatic rings. The number of benzene rings is 1. The van der Waals surface area contributed by atoms with Gasteiger partial charge in [-0.2, -0.15) is 5.26 Å². The molecule has 1 aromatic carbocycles. The fourth-order valence-electron chi connectivity index (χ4n) is 4.29. The summed E-state index contributed by atoms with van der Waals surface area (Å²) < 4.78 is 27.5. The molecule has 2 nitrogen and oxygen atoms in total. The first kappa shape index (κ1) is 13.5. The Bertz CT molecular complexity index is 593. The highest BCUT2D eigenvalue weighted by Crippen LogP contribution is 2.62. The van der Waals surface area contributed by atoms with Crippen molar-refractivity contribution in [3.05, 3.63) is 35.4 Å². The van der Waals surface area contributed by atoms with E-state index in [4.69, 9.17) is 0 Å². The smallest absolute Gasteiger partial charge is 0.164 e. The van der Waals surface area contributed by atoms with Crippen molar-refractivity contribution in [2.75, 3.05) is 0 Å². The standard InChI is InChI=1S/C16H17F2NO/c1-15(20,12-3-2-4-13(17)14(12)18)16(9-19)8-10-5-6-11(16)7-10/h2-4,10-11,20H,5-8H2,1H3. The molecule has 0 heterocycles. The maximum atomic E-state index is 14.1. The van der Waals surface area contributed by atoms with Gasteiger partial charge in [0.1, 0.15) is 5.60 Å². The van der Waals surface area contributed by atoms with Gasteiger partial charge >= 0.3 is 0 Å². The number of nitrogens with zero attached hydrogens (tertiary/aromatic N) is 1. The monoisotopic (exact) mass is 277 g/mol. The third-order valence-corrected chi connectivity index (χ3v) is 5.39. The summed E-state index contributed by atoms with van der Waals surface area (Å²) >= 11 is 0. The van der Waals surface area contributed by atoms with Crippen LogP contribution in [-0.2, 0) is 5.60 Å². The van der Waals surface area contributed by atoms with Crippen molar-refractivity contribution in [1.82, 2.24) is 0 Å². The molecule has 20 heavy (non-hydrogen) atoms. The number of rotatable bonds is 2. The lowest BCUT2D eigenvalue weighted by atomic mass is 9.61. The molecule has 106 valence electrons. The lowest BCUT2D eigenvalue weighted by Gasteiger charge is -2.43. The topological polar surface area (TPSA) is 44.0 Å². The molecule has 0 amide bonds. The number of halogens is 2. The van der Waals surface area contributed by atoms with Crippen molar-refractivity contribution < 1.29 is 13.9 Å². The van der Waals surface area contributed by atoms with Crippen LogP contribution in [0.25, 0.3) is 0 Å². The average molecular weight is 277 g/mol. The van der Waals surface area contributed by atoms with Gasteiger partial charge in [-0.15, -0.1) is 0 Å². The quantitative estimate of drug-likeness (QED) is 0.899. The van der Waals surface area contributed by atoms with Crippen molar-refractivity contribution in [3.63, 3.8) is 0 Å². The van der Waals surface area contributed by atoms with Gasteiger partial charge in [0, 0.05) is 5.56 Å². The summed E-state index contributed by atoms with van der Waals surface area (Å²) in [5.41, 5.74) is -2.79. The fraction of sp³-hybridized carbons (Fsp3) is 0.562. The van der Waals surface area contributed by atoms with E-state index < -0.39 is 22.7 Å². The molecule has 2 saturated carbocycles. The maximum absolute atomic E-state index is 14.1. The SMILES string of the molecule is CC(O)(c1cccc(F)c1F)C1(C#N)CC2CCC1C2. The van der Waals surface area contributed by atoms with Crippen molar-refractivity contribution in [1.29, 1.82) is 5.26 Å². The van der Waals surface area contributed by atoms with E-state index in [2.05, 4.69) is 6.07 Å². The lowest BCUT2D eigenvalue weighted by molar-refractivity contribution is -0.0760. The van der Waals surface area contributed by atoms with Crippen molar-refractivity contribution in [2.45, 2.75) is 38.2 Å². The summed E-state index contributed by atoms with van der Waals surface area (Å²) in [6, 6.07) is 6.03. The first-order valence-corrected chi connectivity index (χ1v) is 7.00. The number of fused-ring (bicyclic) bond motifs is 2. The highest BCUT2D eigenvalue weighted by molar-refractivity contribution is 5.32. The van der Waals surface area contributed by atoms with Crippen LogP contribution in [0.4, 0.5) is 8.78 Å². The molecule has 2 aliphatic carbocycles. The first-order valence-electron chi connectivity index (χ1n) is 7.00. The summed E-state index contributed by atoms with van der Waals surface area (Å²) in [6.07, 6.45) is 3.42. The van der Waals surface area contributed by atoms with E-state index >= 15 is 0 Å². The summed E-state index contributed by atoms with van der Waals surface area (Å²) in [7, 11) is 0. The molecule has 0 saturated heterocycles. The maximum Gasteiger partial charge on any atom is 0.164 e. The third-order valence-electron chi connectivity index (χ3n) is 5.39. The van der Waals surface area contributed by atoms with Gasteiger partial charge in [-0.1, -0.05) is 18.6 Å². The summed E-state index contributed by atoms with van der Waals surface area (Å²) in [4.78, 5) is 0. The normalized spacial score (nSPS) is 34.8. The van der Waals surface area contributed by atoms with Crippen LogP contribution in [0, 0.1) is 40.2 Å². The molecule has 4 atom stereocenters. The van der Waals surface area contributed by atoms with Crippen LogP contribution in [0.15, 0.2) is 18.2 Å². The molecular weight excluding hydrogens is 260 g/mol. The fourth-order valence-corrected chi connectivity index (χ4v) is 4.29. The van der Waals surface area contributed by atoms with Crippen molar-refractivity contribution in [2.24, 2.45) is 17.3 Å². The summed E-state index contributed by atoms with van der Waals surface area (Å²) in [5, 5.41) is 20.6. The minimum absolute atomic E-state index is 0.0650. The Hall–Kier alpha value is -1.47. The molecule has 3 rings (SSSR count). The van der Waals surface area contributed by atoms with Crippen LogP contribution >= 0.6 is 0 Å². The molecule has 0 aromatic heterocycles. The van der Waals surface area contributed by atoms with Crippen molar-refractivity contribution in [3.8, 4) is 6.07 Å². The number of hydrogen-bond donors (Lipinski definition) is 1. The number of hydrogen-bond acceptors (Lipinski definition) is 2. The second-order valence-corrected chi connectivity index (χ2v) is 6.34. The molecule has 2 bridgehead atoms. The van der Waals surface area contributed by atoms with E-state index in [0.29, 0.717) is 12.3 Å². The second kappa shape index (κ2) is 4.26. The predicted octanol–water partition coefficient (Wildman–Crippen LogP) is 3.50. The first-order chi connectivity index (χ1) is 9.42. The van der Waals surface area contributed by atoms with Crippen LogP contribution < -0.4 is 0 Å². The Kier molecular flexibility index (Phi) is 2.88. The molecule has 0 spiro atoms. The molecule has 4 unspecified atom stereocenters. The van der Waals surface area contributed by atoms with Crippen LogP contribution in [-0.4, -0.2) is 5.11 Å². The van der Waals surface area contributed by atoms with Gasteiger partial charge in [0.15, 0.2) is 11.6 Å². The predicted molar refractivity (Wildman–Crippen MR) is 69.4 cm³/mol. The Labute approximate surface area is 117 Å². The van der Waals surface area contributed by atoms with E-state index in [1.165, 1.54) is 19.1 Å². The third kappa shape index (κ3) is 1.56. The number of aliphatic hydroxyl groups is 1. The zero-order chi connectivity index (χ0) is 14.5. The highest BCUT2D eigenvalue weighted by atomic mass is 19.2. The van der Waals surface area contributed by atoms with E-state index in [9.17, 15) is 19.1 Å². The van der Waals surface area contributed by atoms with Crippen LogP contribution in [0.5, 0.6) is 0 Å². The van der Waals surface area contributed by atoms with Crippen LogP contribution in [0.1, 0.15) is 38.2 Å². The Balaban J connectivity index is 2.12. The Morgan fingerprint density at radius 3 is 2.70 bits per heavy atom. The van der Waals surface area contributed by atoms with E-state index in [0.717, 1.165) is 25.3 Å². The minimum atomic E-state index is -1.67. The van der Waals surface area contributed by atoms with E-state index in [1.807, 2.05) is 0 Å². The lowest BCUT2D eigenvalue weighted by Crippen LogP contribution is -2.47. The second-order valence-electron chi connectivity index (χ2n) is 6.34. The van der Waals surface area contributed by atoms with Gasteiger partial charge in [-0.25, -0.2) is 8.78 Å². The molecule has 1 N–H and O–H groups in total. The zero-order valence-corrected chi connectivity index (χ0v) is 11.4. The average Bonchev–Trinajstić information content (AvgIpc) is 3.02. The number of nitriles is 1. The largest absolute Gasteiger partial charge is 0.384 e. The summed E-state index contributed by atoms with van der Waals surface area (Å²) in [6.45, 7) is 1.45.